The van der Waals surface area contributed by atoms with Crippen LogP contribution in [0, 0.1) is 23.6 Å². The predicted molar refractivity (Wildman–Crippen MR) is 114 cm³/mol. The fraction of sp³-hybridized carbons (Fsp3) is 0.600. The number of hydrogen-bond donors (Lipinski definition) is 0. The van der Waals surface area contributed by atoms with Crippen molar-refractivity contribution in [3.63, 3.8) is 0 Å². The summed E-state index contributed by atoms with van der Waals surface area (Å²) >= 11 is 6.04. The van der Waals surface area contributed by atoms with Gasteiger partial charge < -0.3 is 0 Å². The van der Waals surface area contributed by atoms with E-state index in [0.29, 0.717) is 16.3 Å². The minimum atomic E-state index is -0.119. The van der Waals surface area contributed by atoms with Crippen LogP contribution in [0.25, 0.3) is 10.8 Å². The standard InChI is InChI=1S/C25H32ClF/c1-2-3-4-5-17-6-7-19-13-20(9-8-18(19)12-17)22-14-21-10-11-23(26)16-24(21)25(27)15-22/h10-11,14-20H,2-9,12-13H2,1H3/t17-,18?,19-,20?/m1/s1. The van der Waals surface area contributed by atoms with Gasteiger partial charge in [0, 0.05) is 10.4 Å². The van der Waals surface area contributed by atoms with Gasteiger partial charge in [-0.2, -0.15) is 0 Å². The fourth-order valence-corrected chi connectivity index (χ4v) is 5.95. The molecule has 0 amide bonds. The molecule has 146 valence electrons. The van der Waals surface area contributed by atoms with E-state index in [1.165, 1.54) is 69.8 Å². The molecule has 4 atom stereocenters. The van der Waals surface area contributed by atoms with Crippen molar-refractivity contribution in [3.8, 4) is 0 Å². The van der Waals surface area contributed by atoms with Crippen LogP contribution in [0.2, 0.25) is 5.02 Å². The third-order valence-corrected chi connectivity index (χ3v) is 7.53. The zero-order valence-corrected chi connectivity index (χ0v) is 17.3. The van der Waals surface area contributed by atoms with Crippen molar-refractivity contribution in [2.75, 3.05) is 0 Å². The van der Waals surface area contributed by atoms with Gasteiger partial charge >= 0.3 is 0 Å². The van der Waals surface area contributed by atoms with E-state index in [0.717, 1.165) is 23.1 Å². The van der Waals surface area contributed by atoms with Crippen molar-refractivity contribution in [2.24, 2.45) is 17.8 Å². The SMILES string of the molecule is CCCCC[C@@H]1CC[C@@H]2CC(c3cc(F)c4cc(Cl)ccc4c3)CCC2C1. The molecule has 2 heteroatoms. The van der Waals surface area contributed by atoms with Crippen molar-refractivity contribution in [2.45, 2.75) is 77.0 Å². The van der Waals surface area contributed by atoms with E-state index < -0.39 is 0 Å². The maximum atomic E-state index is 14.7. The van der Waals surface area contributed by atoms with Gasteiger partial charge in [0.05, 0.1) is 0 Å². The van der Waals surface area contributed by atoms with Gasteiger partial charge in [0.2, 0.25) is 0 Å². The van der Waals surface area contributed by atoms with Crippen LogP contribution in [0.1, 0.15) is 82.6 Å². The molecule has 2 aliphatic carbocycles. The summed E-state index contributed by atoms with van der Waals surface area (Å²) in [5, 5.41) is 2.23. The summed E-state index contributed by atoms with van der Waals surface area (Å²) < 4.78 is 14.7. The highest BCUT2D eigenvalue weighted by Crippen LogP contribution is 2.48. The predicted octanol–water partition coefficient (Wildman–Crippen LogP) is 8.51. The monoisotopic (exact) mass is 386 g/mol. The van der Waals surface area contributed by atoms with Crippen LogP contribution in [0.3, 0.4) is 0 Å². The quantitative estimate of drug-likeness (QED) is 0.451. The largest absolute Gasteiger partial charge is 0.206 e. The Kier molecular flexibility index (Phi) is 6.07. The van der Waals surface area contributed by atoms with E-state index in [2.05, 4.69) is 13.0 Å². The molecular weight excluding hydrogens is 355 g/mol. The van der Waals surface area contributed by atoms with E-state index in [1.807, 2.05) is 12.1 Å². The first kappa shape index (κ1) is 19.2. The van der Waals surface area contributed by atoms with Gasteiger partial charge in [-0.3, -0.25) is 0 Å². The number of halogens is 2. The van der Waals surface area contributed by atoms with Crippen molar-refractivity contribution < 1.29 is 4.39 Å². The molecule has 0 bridgehead atoms. The summed E-state index contributed by atoms with van der Waals surface area (Å²) in [4.78, 5) is 0. The Morgan fingerprint density at radius 2 is 1.78 bits per heavy atom. The molecule has 2 aromatic rings. The van der Waals surface area contributed by atoms with Gasteiger partial charge in [-0.25, -0.2) is 4.39 Å². The first-order chi connectivity index (χ1) is 13.1. The topological polar surface area (TPSA) is 0 Å². The second-order valence-electron chi connectivity index (χ2n) is 9.07. The zero-order valence-electron chi connectivity index (χ0n) is 16.5. The Bertz CT molecular complexity index is 783. The van der Waals surface area contributed by atoms with Crippen molar-refractivity contribution >= 4 is 22.4 Å². The van der Waals surface area contributed by atoms with E-state index >= 15 is 0 Å². The second kappa shape index (κ2) is 8.52. The summed E-state index contributed by atoms with van der Waals surface area (Å²) in [6, 6.07) is 9.55. The van der Waals surface area contributed by atoms with Crippen LogP contribution in [-0.2, 0) is 0 Å². The van der Waals surface area contributed by atoms with Gasteiger partial charge in [0.1, 0.15) is 5.82 Å². The highest BCUT2D eigenvalue weighted by atomic mass is 35.5. The summed E-state index contributed by atoms with van der Waals surface area (Å²) in [6.07, 6.45) is 13.7. The zero-order chi connectivity index (χ0) is 18.8. The molecule has 2 saturated carbocycles. The van der Waals surface area contributed by atoms with E-state index in [1.54, 1.807) is 12.1 Å². The number of rotatable bonds is 5. The second-order valence-corrected chi connectivity index (χ2v) is 9.51. The van der Waals surface area contributed by atoms with Gasteiger partial charge in [-0.05, 0) is 84.9 Å². The lowest BCUT2D eigenvalue weighted by Gasteiger charge is -2.42. The van der Waals surface area contributed by atoms with Crippen LogP contribution in [0.15, 0.2) is 30.3 Å². The van der Waals surface area contributed by atoms with Gasteiger partial charge in [-0.1, -0.05) is 62.8 Å². The first-order valence-electron chi connectivity index (χ1n) is 11.0. The molecule has 0 aromatic heterocycles. The summed E-state index contributed by atoms with van der Waals surface area (Å²) in [5.74, 6) is 3.15. The lowest BCUT2D eigenvalue weighted by atomic mass is 9.63. The minimum Gasteiger partial charge on any atom is -0.206 e. The van der Waals surface area contributed by atoms with E-state index in [9.17, 15) is 4.39 Å². The maximum absolute atomic E-state index is 14.7. The molecule has 0 nitrogen and oxygen atoms in total. The Hall–Kier alpha value is -1.08. The fourth-order valence-electron chi connectivity index (χ4n) is 5.78. The molecule has 2 unspecified atom stereocenters. The van der Waals surface area contributed by atoms with Gasteiger partial charge in [0.25, 0.3) is 0 Å². The summed E-state index contributed by atoms with van der Waals surface area (Å²) in [7, 11) is 0. The van der Waals surface area contributed by atoms with Crippen molar-refractivity contribution in [3.05, 3.63) is 46.7 Å². The third-order valence-electron chi connectivity index (χ3n) is 7.30. The average molecular weight is 387 g/mol. The minimum absolute atomic E-state index is 0.119. The van der Waals surface area contributed by atoms with Gasteiger partial charge in [0.15, 0.2) is 0 Å². The molecule has 0 N–H and O–H groups in total. The lowest BCUT2D eigenvalue weighted by Crippen LogP contribution is -2.30. The Labute approximate surface area is 168 Å². The normalized spacial score (nSPS) is 28.3. The molecule has 2 aromatic carbocycles. The highest BCUT2D eigenvalue weighted by molar-refractivity contribution is 6.31. The highest BCUT2D eigenvalue weighted by Gasteiger charge is 2.35. The lowest BCUT2D eigenvalue weighted by molar-refractivity contribution is 0.113. The number of hydrogen-bond acceptors (Lipinski definition) is 0. The van der Waals surface area contributed by atoms with E-state index in [-0.39, 0.29) is 5.82 Å². The molecular formula is C25H32ClF. The van der Waals surface area contributed by atoms with Crippen molar-refractivity contribution in [1.82, 2.24) is 0 Å². The third kappa shape index (κ3) is 4.34. The Morgan fingerprint density at radius 3 is 2.63 bits per heavy atom. The smallest absolute Gasteiger partial charge is 0.131 e. The van der Waals surface area contributed by atoms with Crippen LogP contribution >= 0.6 is 11.6 Å². The van der Waals surface area contributed by atoms with Crippen molar-refractivity contribution in [1.29, 1.82) is 0 Å². The number of benzene rings is 2. The Morgan fingerprint density at radius 1 is 0.963 bits per heavy atom. The summed E-state index contributed by atoms with van der Waals surface area (Å²) in [6.45, 7) is 2.29. The molecule has 0 radical (unpaired) electrons. The molecule has 0 saturated heterocycles. The number of fused-ring (bicyclic) bond motifs is 2. The maximum Gasteiger partial charge on any atom is 0.131 e. The molecule has 4 rings (SSSR count). The van der Waals surface area contributed by atoms with Crippen LogP contribution in [0.5, 0.6) is 0 Å². The van der Waals surface area contributed by atoms with Crippen LogP contribution in [-0.4, -0.2) is 0 Å². The molecule has 0 aliphatic heterocycles. The molecule has 0 heterocycles. The molecule has 2 aliphatic rings. The average Bonchev–Trinajstić information content (AvgIpc) is 2.68. The molecule has 0 spiro atoms. The summed E-state index contributed by atoms with van der Waals surface area (Å²) in [5.41, 5.74) is 1.20. The molecule has 27 heavy (non-hydrogen) atoms. The van der Waals surface area contributed by atoms with E-state index in [4.69, 9.17) is 11.6 Å². The Balaban J connectivity index is 1.43. The first-order valence-corrected chi connectivity index (χ1v) is 11.4. The molecule has 2 fully saturated rings. The van der Waals surface area contributed by atoms with Crippen LogP contribution < -0.4 is 0 Å². The number of unbranched alkanes of at least 4 members (excludes halogenated alkanes) is 2. The van der Waals surface area contributed by atoms with Crippen LogP contribution in [0.4, 0.5) is 4.39 Å². The van der Waals surface area contributed by atoms with Gasteiger partial charge in [-0.15, -0.1) is 0 Å².